The van der Waals surface area contributed by atoms with Crippen molar-refractivity contribution in [1.29, 1.82) is 5.26 Å². The minimum Gasteiger partial charge on any atom is -0.376 e. The fourth-order valence-corrected chi connectivity index (χ4v) is 2.63. The Hall–Kier alpha value is -0.990. The molecule has 1 aliphatic carbocycles. The summed E-state index contributed by atoms with van der Waals surface area (Å²) < 4.78 is 0. The molecule has 1 aliphatic rings. The van der Waals surface area contributed by atoms with Crippen LogP contribution in [0.2, 0.25) is 0 Å². The molecule has 0 aromatic rings. The molecule has 0 heterocycles. The van der Waals surface area contributed by atoms with Crippen molar-refractivity contribution in [1.82, 2.24) is 0 Å². The van der Waals surface area contributed by atoms with E-state index in [2.05, 4.69) is 12.0 Å². The minimum atomic E-state index is -1.23. The Bertz CT molecular complexity index is 301. The standard InChI is InChI=1S/C13H19NO/c1-4-11(5-2)13(15,6-3)12(10-14)8-7-9-12/h3,11,15H,4-5,7-9H2,1-2H3/t13-/m0/s1. The van der Waals surface area contributed by atoms with Crippen molar-refractivity contribution >= 4 is 0 Å². The summed E-state index contributed by atoms with van der Waals surface area (Å²) in [4.78, 5) is 0. The highest BCUT2D eigenvalue weighted by molar-refractivity contribution is 5.27. The van der Waals surface area contributed by atoms with Crippen LogP contribution in [0.4, 0.5) is 0 Å². The molecule has 0 radical (unpaired) electrons. The number of nitriles is 1. The van der Waals surface area contributed by atoms with E-state index in [9.17, 15) is 10.4 Å². The van der Waals surface area contributed by atoms with Gasteiger partial charge in [-0.3, -0.25) is 0 Å². The van der Waals surface area contributed by atoms with E-state index >= 15 is 0 Å². The largest absolute Gasteiger partial charge is 0.376 e. The van der Waals surface area contributed by atoms with E-state index in [4.69, 9.17) is 6.42 Å². The summed E-state index contributed by atoms with van der Waals surface area (Å²) in [6.07, 6.45) is 9.59. The first kappa shape index (κ1) is 12.1. The number of terminal acetylenes is 1. The van der Waals surface area contributed by atoms with Crippen LogP contribution in [0, 0.1) is 35.0 Å². The van der Waals surface area contributed by atoms with Crippen molar-refractivity contribution in [3.8, 4) is 18.4 Å². The molecule has 0 spiro atoms. The maximum absolute atomic E-state index is 10.6. The van der Waals surface area contributed by atoms with Crippen molar-refractivity contribution in [3.05, 3.63) is 0 Å². The van der Waals surface area contributed by atoms with Gasteiger partial charge < -0.3 is 5.11 Å². The van der Waals surface area contributed by atoms with Gasteiger partial charge >= 0.3 is 0 Å². The minimum absolute atomic E-state index is 0.0300. The van der Waals surface area contributed by atoms with Gasteiger partial charge in [-0.2, -0.15) is 5.26 Å². The molecule has 82 valence electrons. The molecule has 1 fully saturated rings. The number of aliphatic hydroxyl groups is 1. The van der Waals surface area contributed by atoms with Gasteiger partial charge in [0.05, 0.1) is 11.5 Å². The molecule has 15 heavy (non-hydrogen) atoms. The van der Waals surface area contributed by atoms with Crippen LogP contribution in [0.15, 0.2) is 0 Å². The molecular weight excluding hydrogens is 186 g/mol. The second-order valence-corrected chi connectivity index (χ2v) is 4.47. The van der Waals surface area contributed by atoms with Crippen LogP contribution in [0.25, 0.3) is 0 Å². The second-order valence-electron chi connectivity index (χ2n) is 4.47. The van der Waals surface area contributed by atoms with Gasteiger partial charge in [-0.25, -0.2) is 0 Å². The lowest BCUT2D eigenvalue weighted by atomic mass is 9.55. The predicted octanol–water partition coefficient (Wildman–Crippen LogP) is 2.48. The molecule has 2 nitrogen and oxygen atoms in total. The van der Waals surface area contributed by atoms with Gasteiger partial charge in [0.2, 0.25) is 0 Å². The highest BCUT2D eigenvalue weighted by Crippen LogP contribution is 2.52. The van der Waals surface area contributed by atoms with Gasteiger partial charge in [0.15, 0.2) is 0 Å². The van der Waals surface area contributed by atoms with Crippen LogP contribution in [-0.2, 0) is 0 Å². The molecule has 0 amide bonds. The molecule has 1 saturated carbocycles. The van der Waals surface area contributed by atoms with E-state index in [0.29, 0.717) is 0 Å². The van der Waals surface area contributed by atoms with Crippen LogP contribution >= 0.6 is 0 Å². The summed E-state index contributed by atoms with van der Waals surface area (Å²) in [5, 5.41) is 19.8. The lowest BCUT2D eigenvalue weighted by Gasteiger charge is -2.49. The number of rotatable bonds is 4. The molecule has 0 unspecified atom stereocenters. The molecule has 1 rings (SSSR count). The molecule has 1 atom stereocenters. The van der Waals surface area contributed by atoms with Crippen LogP contribution in [0.3, 0.4) is 0 Å². The fourth-order valence-electron chi connectivity index (χ4n) is 2.63. The quantitative estimate of drug-likeness (QED) is 0.716. The molecular formula is C13H19NO. The van der Waals surface area contributed by atoms with E-state index in [1.165, 1.54) is 0 Å². The monoisotopic (exact) mass is 205 g/mol. The van der Waals surface area contributed by atoms with E-state index in [1.54, 1.807) is 0 Å². The molecule has 1 N–H and O–H groups in total. The fraction of sp³-hybridized carbons (Fsp3) is 0.769. The third-order valence-electron chi connectivity index (χ3n) is 3.95. The highest BCUT2D eigenvalue weighted by atomic mass is 16.3. The molecule has 0 saturated heterocycles. The zero-order chi connectivity index (χ0) is 11.5. The third kappa shape index (κ3) is 1.54. The Labute approximate surface area is 92.3 Å². The molecule has 0 aliphatic heterocycles. The molecule has 0 aromatic carbocycles. The van der Waals surface area contributed by atoms with Crippen molar-refractivity contribution in [2.24, 2.45) is 11.3 Å². The Morgan fingerprint density at radius 1 is 1.47 bits per heavy atom. The van der Waals surface area contributed by atoms with Crippen LogP contribution in [-0.4, -0.2) is 10.7 Å². The third-order valence-corrected chi connectivity index (χ3v) is 3.95. The van der Waals surface area contributed by atoms with Gasteiger partial charge in [-0.15, -0.1) is 6.42 Å². The SMILES string of the molecule is C#C[C@](O)(C(CC)CC)C1(C#N)CCC1. The summed E-state index contributed by atoms with van der Waals surface area (Å²) in [6.45, 7) is 4.03. The molecule has 0 bridgehead atoms. The Kier molecular flexibility index (Phi) is 3.42. The van der Waals surface area contributed by atoms with Crippen LogP contribution < -0.4 is 0 Å². The summed E-state index contributed by atoms with van der Waals surface area (Å²) in [5.74, 6) is 2.54. The zero-order valence-electron chi connectivity index (χ0n) is 9.58. The summed E-state index contributed by atoms with van der Waals surface area (Å²) in [6, 6.07) is 2.26. The first-order valence-corrected chi connectivity index (χ1v) is 5.71. The average molecular weight is 205 g/mol. The zero-order valence-corrected chi connectivity index (χ0v) is 9.58. The topological polar surface area (TPSA) is 44.0 Å². The van der Waals surface area contributed by atoms with Crippen molar-refractivity contribution in [2.45, 2.75) is 51.6 Å². The summed E-state index contributed by atoms with van der Waals surface area (Å²) in [7, 11) is 0. The maximum atomic E-state index is 10.6. The van der Waals surface area contributed by atoms with Crippen LogP contribution in [0.5, 0.6) is 0 Å². The van der Waals surface area contributed by atoms with Crippen LogP contribution in [0.1, 0.15) is 46.0 Å². The first-order chi connectivity index (χ1) is 7.10. The number of nitrogens with zero attached hydrogens (tertiary/aromatic N) is 1. The smallest absolute Gasteiger partial charge is 0.146 e. The normalized spacial score (nSPS) is 22.3. The van der Waals surface area contributed by atoms with Gasteiger partial charge in [-0.05, 0) is 32.1 Å². The summed E-state index contributed by atoms with van der Waals surface area (Å²) in [5.41, 5.74) is -1.91. The second kappa shape index (κ2) is 4.25. The van der Waals surface area contributed by atoms with E-state index in [1.807, 2.05) is 13.8 Å². The maximum Gasteiger partial charge on any atom is 0.146 e. The van der Waals surface area contributed by atoms with Gasteiger partial charge in [0.1, 0.15) is 5.60 Å². The Morgan fingerprint density at radius 2 is 2.00 bits per heavy atom. The van der Waals surface area contributed by atoms with Gasteiger partial charge in [0, 0.05) is 5.92 Å². The molecule has 0 aromatic heterocycles. The predicted molar refractivity (Wildman–Crippen MR) is 59.8 cm³/mol. The van der Waals surface area contributed by atoms with E-state index in [-0.39, 0.29) is 5.92 Å². The Morgan fingerprint density at radius 3 is 2.20 bits per heavy atom. The lowest BCUT2D eigenvalue weighted by Crippen LogP contribution is -2.55. The van der Waals surface area contributed by atoms with Gasteiger partial charge in [0.25, 0.3) is 0 Å². The highest BCUT2D eigenvalue weighted by Gasteiger charge is 2.56. The van der Waals surface area contributed by atoms with Crippen molar-refractivity contribution in [3.63, 3.8) is 0 Å². The average Bonchev–Trinajstić information content (AvgIpc) is 2.18. The lowest BCUT2D eigenvalue weighted by molar-refractivity contribution is -0.0909. The molecule has 2 heteroatoms. The number of hydrogen-bond donors (Lipinski definition) is 1. The van der Waals surface area contributed by atoms with Crippen molar-refractivity contribution < 1.29 is 5.11 Å². The number of hydrogen-bond acceptors (Lipinski definition) is 2. The Balaban J connectivity index is 3.05. The van der Waals surface area contributed by atoms with Crippen molar-refractivity contribution in [2.75, 3.05) is 0 Å². The first-order valence-electron chi connectivity index (χ1n) is 5.71. The van der Waals surface area contributed by atoms with Gasteiger partial charge in [-0.1, -0.05) is 19.8 Å². The summed E-state index contributed by atoms with van der Waals surface area (Å²) >= 11 is 0. The van der Waals surface area contributed by atoms with E-state index in [0.717, 1.165) is 32.1 Å². The van der Waals surface area contributed by atoms with E-state index < -0.39 is 11.0 Å².